The van der Waals surface area contributed by atoms with Gasteiger partial charge in [-0.2, -0.15) is 0 Å². The molecule has 0 atom stereocenters. The smallest absolute Gasteiger partial charge is 0.240 e. The molecule has 112 valence electrons. The summed E-state index contributed by atoms with van der Waals surface area (Å²) in [4.78, 5) is 1.81. The van der Waals surface area contributed by atoms with Gasteiger partial charge < -0.3 is 4.90 Å². The molecule has 0 unspecified atom stereocenters. The van der Waals surface area contributed by atoms with E-state index < -0.39 is 10.0 Å². The zero-order chi connectivity index (χ0) is 14.6. The number of quaternary nitrogens is 1. The van der Waals surface area contributed by atoms with E-state index in [0.29, 0.717) is 11.4 Å². The molecule has 0 amide bonds. The monoisotopic (exact) mass is 297 g/mol. The average Bonchev–Trinajstić information content (AvgIpc) is 2.91. The van der Waals surface area contributed by atoms with Gasteiger partial charge in [-0.1, -0.05) is 6.07 Å². The number of likely N-dealkylation sites (N-methyl/N-ethyl adjacent to an activating group) is 1. The highest BCUT2D eigenvalue weighted by atomic mass is 32.2. The van der Waals surface area contributed by atoms with Crippen molar-refractivity contribution in [2.75, 3.05) is 26.2 Å². The summed E-state index contributed by atoms with van der Waals surface area (Å²) in [7, 11) is -3.36. The Morgan fingerprint density at radius 2 is 1.85 bits per heavy atom. The van der Waals surface area contributed by atoms with Gasteiger partial charge in [0.1, 0.15) is 0 Å². The lowest BCUT2D eigenvalue weighted by Gasteiger charge is -2.15. The Bertz CT molecular complexity index is 551. The molecule has 0 aliphatic heterocycles. The van der Waals surface area contributed by atoms with Gasteiger partial charge in [-0.15, -0.1) is 0 Å². The predicted molar refractivity (Wildman–Crippen MR) is 80.6 cm³/mol. The summed E-state index contributed by atoms with van der Waals surface area (Å²) >= 11 is 0. The van der Waals surface area contributed by atoms with Gasteiger partial charge in [0.15, 0.2) is 0 Å². The van der Waals surface area contributed by atoms with E-state index in [9.17, 15) is 8.42 Å². The van der Waals surface area contributed by atoms with E-state index in [1.807, 2.05) is 12.1 Å². The molecular formula is C15H25N2O2S+. The van der Waals surface area contributed by atoms with E-state index in [0.717, 1.165) is 38.9 Å². The Balaban J connectivity index is 2.00. The first-order chi connectivity index (χ1) is 9.56. The van der Waals surface area contributed by atoms with Gasteiger partial charge in [-0.25, -0.2) is 13.1 Å². The fourth-order valence-corrected chi connectivity index (χ4v) is 3.85. The molecule has 1 aliphatic carbocycles. The highest BCUT2D eigenvalue weighted by molar-refractivity contribution is 7.89. The summed E-state index contributed by atoms with van der Waals surface area (Å²) in [6, 6.07) is 5.54. The molecule has 4 nitrogen and oxygen atoms in total. The summed E-state index contributed by atoms with van der Waals surface area (Å²) < 4.78 is 27.3. The number of fused-ring (bicyclic) bond motifs is 1. The third kappa shape index (κ3) is 3.59. The number of nitrogens with one attached hydrogen (secondary N) is 2. The van der Waals surface area contributed by atoms with Crippen LogP contribution >= 0.6 is 0 Å². The van der Waals surface area contributed by atoms with E-state index in [2.05, 4.69) is 18.6 Å². The molecule has 0 radical (unpaired) electrons. The highest BCUT2D eigenvalue weighted by Crippen LogP contribution is 2.24. The van der Waals surface area contributed by atoms with Gasteiger partial charge in [0, 0.05) is 0 Å². The summed E-state index contributed by atoms with van der Waals surface area (Å²) in [6.45, 7) is 7.61. The van der Waals surface area contributed by atoms with Crippen LogP contribution in [-0.4, -0.2) is 34.6 Å². The molecule has 1 aromatic carbocycles. The van der Waals surface area contributed by atoms with Crippen LogP contribution in [0.2, 0.25) is 0 Å². The first-order valence-electron chi connectivity index (χ1n) is 7.52. The Labute approximate surface area is 122 Å². The van der Waals surface area contributed by atoms with Crippen molar-refractivity contribution in [2.24, 2.45) is 0 Å². The molecule has 0 saturated carbocycles. The molecule has 0 bridgehead atoms. The Morgan fingerprint density at radius 1 is 1.15 bits per heavy atom. The zero-order valence-electron chi connectivity index (χ0n) is 12.4. The molecule has 0 spiro atoms. The molecule has 0 saturated heterocycles. The lowest BCUT2D eigenvalue weighted by atomic mass is 10.1. The first kappa shape index (κ1) is 15.5. The largest absolute Gasteiger partial charge is 0.334 e. The Hall–Kier alpha value is -0.910. The van der Waals surface area contributed by atoms with Crippen molar-refractivity contribution < 1.29 is 13.3 Å². The Kier molecular flexibility index (Phi) is 5.18. The van der Waals surface area contributed by atoms with Crippen molar-refractivity contribution in [1.29, 1.82) is 0 Å². The SMILES string of the molecule is CC[NH+](CC)CCNS(=O)(=O)c1ccc2c(c1)CCC2. The number of benzene rings is 1. The van der Waals surface area contributed by atoms with Gasteiger partial charge in [0.05, 0.1) is 31.1 Å². The molecule has 0 fully saturated rings. The van der Waals surface area contributed by atoms with Gasteiger partial charge in [0.25, 0.3) is 0 Å². The van der Waals surface area contributed by atoms with Gasteiger partial charge in [-0.3, -0.25) is 0 Å². The summed E-state index contributed by atoms with van der Waals surface area (Å²) in [6.07, 6.45) is 3.22. The standard InChI is InChI=1S/C15H24N2O2S/c1-3-17(4-2)11-10-16-20(18,19)15-9-8-13-6-5-7-14(13)12-15/h8-9,12,16H,3-7,10-11H2,1-2H3/p+1. The Morgan fingerprint density at radius 3 is 2.55 bits per heavy atom. The second kappa shape index (κ2) is 6.70. The van der Waals surface area contributed by atoms with Gasteiger partial charge in [-0.05, 0) is 56.4 Å². The topological polar surface area (TPSA) is 50.6 Å². The van der Waals surface area contributed by atoms with Crippen LogP contribution in [0.3, 0.4) is 0 Å². The molecule has 5 heteroatoms. The van der Waals surface area contributed by atoms with Crippen LogP contribution in [0.5, 0.6) is 0 Å². The predicted octanol–water partition coefficient (Wildman–Crippen LogP) is 0.378. The van der Waals surface area contributed by atoms with Crippen LogP contribution in [-0.2, 0) is 22.9 Å². The second-order valence-corrected chi connectivity index (χ2v) is 7.16. The summed E-state index contributed by atoms with van der Waals surface area (Å²) in [5.74, 6) is 0. The normalized spacial score (nSPS) is 14.8. The maximum absolute atomic E-state index is 12.3. The van der Waals surface area contributed by atoms with E-state index in [1.165, 1.54) is 16.0 Å². The minimum Gasteiger partial charge on any atom is -0.334 e. The molecule has 20 heavy (non-hydrogen) atoms. The minimum atomic E-state index is -3.36. The quantitative estimate of drug-likeness (QED) is 0.764. The number of hydrogen-bond acceptors (Lipinski definition) is 2. The fraction of sp³-hybridized carbons (Fsp3) is 0.600. The van der Waals surface area contributed by atoms with E-state index >= 15 is 0 Å². The van der Waals surface area contributed by atoms with Crippen LogP contribution < -0.4 is 9.62 Å². The third-order valence-electron chi connectivity index (χ3n) is 4.15. The fourth-order valence-electron chi connectivity index (χ4n) is 2.76. The average molecular weight is 297 g/mol. The number of aryl methyl sites for hydroxylation is 2. The summed E-state index contributed by atoms with van der Waals surface area (Å²) in [5.41, 5.74) is 2.50. The van der Waals surface area contributed by atoms with Crippen molar-refractivity contribution in [3.63, 3.8) is 0 Å². The molecule has 1 aromatic rings. The van der Waals surface area contributed by atoms with Gasteiger partial charge in [0.2, 0.25) is 10.0 Å². The maximum Gasteiger partial charge on any atom is 0.240 e. The van der Waals surface area contributed by atoms with E-state index in [1.54, 1.807) is 6.07 Å². The molecule has 0 heterocycles. The third-order valence-corrected chi connectivity index (χ3v) is 5.61. The molecule has 0 aromatic heterocycles. The zero-order valence-corrected chi connectivity index (χ0v) is 13.2. The molecule has 1 aliphatic rings. The van der Waals surface area contributed by atoms with Crippen molar-refractivity contribution in [2.45, 2.75) is 38.0 Å². The van der Waals surface area contributed by atoms with Crippen molar-refractivity contribution in [1.82, 2.24) is 4.72 Å². The molecule has 2 N–H and O–H groups in total. The van der Waals surface area contributed by atoms with E-state index in [-0.39, 0.29) is 0 Å². The van der Waals surface area contributed by atoms with Crippen LogP contribution in [0.25, 0.3) is 0 Å². The van der Waals surface area contributed by atoms with Crippen LogP contribution in [0.4, 0.5) is 0 Å². The molecular weight excluding hydrogens is 272 g/mol. The number of sulfonamides is 1. The van der Waals surface area contributed by atoms with Crippen molar-refractivity contribution in [3.05, 3.63) is 29.3 Å². The van der Waals surface area contributed by atoms with Crippen LogP contribution in [0, 0.1) is 0 Å². The highest BCUT2D eigenvalue weighted by Gasteiger charge is 2.18. The maximum atomic E-state index is 12.3. The lowest BCUT2D eigenvalue weighted by Crippen LogP contribution is -3.12. The number of rotatable bonds is 7. The summed E-state index contributed by atoms with van der Waals surface area (Å²) in [5, 5.41) is 0. The van der Waals surface area contributed by atoms with Crippen LogP contribution in [0.1, 0.15) is 31.4 Å². The van der Waals surface area contributed by atoms with Gasteiger partial charge >= 0.3 is 0 Å². The van der Waals surface area contributed by atoms with Crippen LogP contribution in [0.15, 0.2) is 23.1 Å². The minimum absolute atomic E-state index is 0.410. The molecule has 2 rings (SSSR count). The van der Waals surface area contributed by atoms with Crippen molar-refractivity contribution in [3.8, 4) is 0 Å². The van der Waals surface area contributed by atoms with E-state index in [4.69, 9.17) is 0 Å². The number of hydrogen-bond donors (Lipinski definition) is 2. The first-order valence-corrected chi connectivity index (χ1v) is 9.00. The second-order valence-electron chi connectivity index (χ2n) is 5.39. The lowest BCUT2D eigenvalue weighted by molar-refractivity contribution is -0.895. The van der Waals surface area contributed by atoms with Crippen molar-refractivity contribution >= 4 is 10.0 Å².